The van der Waals surface area contributed by atoms with E-state index in [0.29, 0.717) is 22.9 Å². The quantitative estimate of drug-likeness (QED) is 0.868. The van der Waals surface area contributed by atoms with Gasteiger partial charge in [-0.2, -0.15) is 0 Å². The lowest BCUT2D eigenvalue weighted by molar-refractivity contribution is 0.552. The van der Waals surface area contributed by atoms with E-state index < -0.39 is 15.9 Å². The van der Waals surface area contributed by atoms with Gasteiger partial charge in [0.2, 0.25) is 0 Å². The van der Waals surface area contributed by atoms with Crippen LogP contribution < -0.4 is 5.73 Å². The van der Waals surface area contributed by atoms with Gasteiger partial charge in [-0.1, -0.05) is 28.9 Å². The average molecular weight is 338 g/mol. The Hall–Kier alpha value is -0.460. The van der Waals surface area contributed by atoms with Crippen LogP contribution in [0.5, 0.6) is 0 Å². The van der Waals surface area contributed by atoms with Crippen LogP contribution in [-0.4, -0.2) is 19.9 Å². The first-order chi connectivity index (χ1) is 8.37. The monoisotopic (exact) mass is 337 g/mol. The number of sulfone groups is 1. The Morgan fingerprint density at radius 3 is 2.67 bits per heavy atom. The van der Waals surface area contributed by atoms with Crippen molar-refractivity contribution in [3.05, 3.63) is 34.1 Å². The van der Waals surface area contributed by atoms with Crippen molar-refractivity contribution < 1.29 is 12.8 Å². The molecule has 1 unspecified atom stereocenters. The zero-order valence-electron chi connectivity index (χ0n) is 10.2. The van der Waals surface area contributed by atoms with Crippen molar-refractivity contribution in [2.24, 2.45) is 5.73 Å². The van der Waals surface area contributed by atoms with Crippen molar-refractivity contribution in [1.82, 2.24) is 0 Å². The summed E-state index contributed by atoms with van der Waals surface area (Å²) in [6.45, 7) is 1.61. The summed E-state index contributed by atoms with van der Waals surface area (Å²) in [6.07, 6.45) is 0.886. The maximum atomic E-state index is 13.6. The standard InChI is InChI=1S/C12H17BrFNO2S/c1-2-18(16,17)8-4-7-11(15)12-9(13)5-3-6-10(12)14/h3,5-6,11H,2,4,7-8,15H2,1H3. The minimum atomic E-state index is -2.98. The molecule has 18 heavy (non-hydrogen) atoms. The zero-order valence-corrected chi connectivity index (χ0v) is 12.6. The Morgan fingerprint density at radius 1 is 1.44 bits per heavy atom. The van der Waals surface area contributed by atoms with Crippen LogP contribution in [0.3, 0.4) is 0 Å². The summed E-state index contributed by atoms with van der Waals surface area (Å²) >= 11 is 3.25. The van der Waals surface area contributed by atoms with Crippen molar-refractivity contribution in [3.63, 3.8) is 0 Å². The summed E-state index contributed by atoms with van der Waals surface area (Å²) in [4.78, 5) is 0. The van der Waals surface area contributed by atoms with Crippen molar-refractivity contribution in [3.8, 4) is 0 Å². The highest BCUT2D eigenvalue weighted by Crippen LogP contribution is 2.27. The molecule has 0 spiro atoms. The molecular weight excluding hydrogens is 321 g/mol. The van der Waals surface area contributed by atoms with Crippen LogP contribution >= 0.6 is 15.9 Å². The summed E-state index contributed by atoms with van der Waals surface area (Å²) in [6, 6.07) is 4.17. The van der Waals surface area contributed by atoms with E-state index in [1.807, 2.05) is 0 Å². The van der Waals surface area contributed by atoms with Crippen molar-refractivity contribution in [1.29, 1.82) is 0 Å². The Morgan fingerprint density at radius 2 is 2.11 bits per heavy atom. The van der Waals surface area contributed by atoms with Gasteiger partial charge in [0.05, 0.1) is 5.75 Å². The highest BCUT2D eigenvalue weighted by molar-refractivity contribution is 9.10. The molecule has 1 aromatic rings. The molecule has 0 aliphatic carbocycles. The van der Waals surface area contributed by atoms with E-state index in [0.717, 1.165) is 0 Å². The molecule has 2 N–H and O–H groups in total. The van der Waals surface area contributed by atoms with E-state index in [1.165, 1.54) is 6.07 Å². The number of benzene rings is 1. The molecule has 102 valence electrons. The van der Waals surface area contributed by atoms with Gasteiger partial charge in [-0.25, -0.2) is 12.8 Å². The average Bonchev–Trinajstić information content (AvgIpc) is 2.28. The van der Waals surface area contributed by atoms with Crippen LogP contribution in [-0.2, 0) is 9.84 Å². The third-order valence-electron chi connectivity index (χ3n) is 2.78. The summed E-state index contributed by atoms with van der Waals surface area (Å²) < 4.78 is 36.9. The minimum Gasteiger partial charge on any atom is -0.324 e. The van der Waals surface area contributed by atoms with Crippen LogP contribution in [0.15, 0.2) is 22.7 Å². The fraction of sp³-hybridized carbons (Fsp3) is 0.500. The predicted molar refractivity (Wildman–Crippen MR) is 74.6 cm³/mol. The molecule has 0 aromatic heterocycles. The maximum Gasteiger partial charge on any atom is 0.150 e. The van der Waals surface area contributed by atoms with E-state index in [4.69, 9.17) is 5.73 Å². The highest BCUT2D eigenvalue weighted by Gasteiger charge is 2.16. The molecule has 0 heterocycles. The minimum absolute atomic E-state index is 0.100. The van der Waals surface area contributed by atoms with Gasteiger partial charge in [0.15, 0.2) is 0 Å². The maximum absolute atomic E-state index is 13.6. The Labute approximate surface area is 116 Å². The number of nitrogens with two attached hydrogens (primary N) is 1. The molecule has 0 saturated carbocycles. The third kappa shape index (κ3) is 4.33. The second-order valence-electron chi connectivity index (χ2n) is 4.12. The molecule has 1 rings (SSSR count). The molecule has 1 atom stereocenters. The molecule has 3 nitrogen and oxygen atoms in total. The first kappa shape index (κ1) is 15.6. The van der Waals surface area contributed by atoms with Gasteiger partial charge in [-0.05, 0) is 25.0 Å². The van der Waals surface area contributed by atoms with Crippen LogP contribution in [0.25, 0.3) is 0 Å². The number of rotatable bonds is 6. The van der Waals surface area contributed by atoms with E-state index in [9.17, 15) is 12.8 Å². The van der Waals surface area contributed by atoms with Crippen LogP contribution in [0.4, 0.5) is 4.39 Å². The molecule has 0 aliphatic heterocycles. The molecule has 0 amide bonds. The van der Waals surface area contributed by atoms with Crippen LogP contribution in [0.2, 0.25) is 0 Å². The van der Waals surface area contributed by atoms with Gasteiger partial charge >= 0.3 is 0 Å². The molecule has 0 bridgehead atoms. The van der Waals surface area contributed by atoms with Gasteiger partial charge in [0.1, 0.15) is 15.7 Å². The smallest absolute Gasteiger partial charge is 0.150 e. The molecule has 0 aliphatic rings. The summed E-state index contributed by atoms with van der Waals surface area (Å²) in [5.41, 5.74) is 6.31. The first-order valence-corrected chi connectivity index (χ1v) is 8.38. The zero-order chi connectivity index (χ0) is 13.8. The van der Waals surface area contributed by atoms with Crippen LogP contribution in [0.1, 0.15) is 31.4 Å². The number of hydrogen-bond donors (Lipinski definition) is 1. The lowest BCUT2D eigenvalue weighted by Crippen LogP contribution is -2.16. The second-order valence-corrected chi connectivity index (χ2v) is 7.45. The summed E-state index contributed by atoms with van der Waals surface area (Å²) in [7, 11) is -2.98. The lowest BCUT2D eigenvalue weighted by atomic mass is 10.0. The fourth-order valence-corrected chi connectivity index (χ4v) is 3.21. The van der Waals surface area contributed by atoms with E-state index >= 15 is 0 Å². The normalized spacial score (nSPS) is 13.6. The van der Waals surface area contributed by atoms with E-state index in [-0.39, 0.29) is 17.3 Å². The molecule has 0 saturated heterocycles. The number of hydrogen-bond acceptors (Lipinski definition) is 3. The van der Waals surface area contributed by atoms with Crippen molar-refractivity contribution in [2.75, 3.05) is 11.5 Å². The summed E-state index contributed by atoms with van der Waals surface area (Å²) in [5.74, 6) is -0.134. The van der Waals surface area contributed by atoms with Gasteiger partial charge < -0.3 is 5.73 Å². The fourth-order valence-electron chi connectivity index (χ4n) is 1.68. The molecule has 0 radical (unpaired) electrons. The predicted octanol–water partition coefficient (Wildman–Crippen LogP) is 2.80. The highest BCUT2D eigenvalue weighted by atomic mass is 79.9. The third-order valence-corrected chi connectivity index (χ3v) is 5.26. The molecular formula is C12H17BrFNO2S. The van der Waals surface area contributed by atoms with E-state index in [1.54, 1.807) is 19.1 Å². The molecule has 0 fully saturated rings. The number of halogens is 2. The second kappa shape index (κ2) is 6.63. The topological polar surface area (TPSA) is 60.2 Å². The SMILES string of the molecule is CCS(=O)(=O)CCCC(N)c1c(F)cccc1Br. The van der Waals surface area contributed by atoms with Gasteiger partial charge in [-0.15, -0.1) is 0 Å². The Kier molecular flexibility index (Phi) is 5.75. The van der Waals surface area contributed by atoms with Crippen molar-refractivity contribution >= 4 is 25.8 Å². The van der Waals surface area contributed by atoms with Crippen LogP contribution in [0, 0.1) is 5.82 Å². The lowest BCUT2D eigenvalue weighted by Gasteiger charge is -2.14. The van der Waals surface area contributed by atoms with Gasteiger partial charge in [-0.3, -0.25) is 0 Å². The first-order valence-electron chi connectivity index (χ1n) is 5.77. The van der Waals surface area contributed by atoms with Gasteiger partial charge in [0.25, 0.3) is 0 Å². The Bertz CT molecular complexity index is 485. The Balaban J connectivity index is 2.64. The molecule has 1 aromatic carbocycles. The van der Waals surface area contributed by atoms with Crippen molar-refractivity contribution in [2.45, 2.75) is 25.8 Å². The summed E-state index contributed by atoms with van der Waals surface area (Å²) in [5, 5.41) is 0. The van der Waals surface area contributed by atoms with E-state index in [2.05, 4.69) is 15.9 Å². The molecule has 6 heteroatoms. The largest absolute Gasteiger partial charge is 0.324 e. The van der Waals surface area contributed by atoms with Gasteiger partial charge in [0, 0.05) is 21.8 Å².